The first-order valence-corrected chi connectivity index (χ1v) is 6.81. The third kappa shape index (κ3) is 3.26. The Labute approximate surface area is 130 Å². The van der Waals surface area contributed by atoms with Gasteiger partial charge in [0.15, 0.2) is 0 Å². The highest BCUT2D eigenvalue weighted by atomic mass is 19.1. The van der Waals surface area contributed by atoms with E-state index in [0.717, 1.165) is 5.56 Å². The molecule has 0 aliphatic carbocycles. The quantitative estimate of drug-likeness (QED) is 0.742. The highest BCUT2D eigenvalue weighted by Gasteiger charge is 2.05. The first-order chi connectivity index (χ1) is 11.2. The Kier molecular flexibility index (Phi) is 4.14. The first kappa shape index (κ1) is 14.9. The van der Waals surface area contributed by atoms with Crippen LogP contribution < -0.4 is 10.4 Å². The molecule has 0 bridgehead atoms. The van der Waals surface area contributed by atoms with Crippen LogP contribution in [0.1, 0.15) is 0 Å². The summed E-state index contributed by atoms with van der Waals surface area (Å²) in [4.78, 5) is 15.8. The lowest BCUT2D eigenvalue weighted by molar-refractivity contribution is 0.192. The van der Waals surface area contributed by atoms with Crippen molar-refractivity contribution in [3.05, 3.63) is 77.2 Å². The monoisotopic (exact) mass is 314 g/mol. The van der Waals surface area contributed by atoms with E-state index in [-0.39, 0.29) is 5.82 Å². The van der Waals surface area contributed by atoms with Crippen LogP contribution in [0, 0.1) is 5.82 Å². The van der Waals surface area contributed by atoms with E-state index in [1.165, 1.54) is 22.9 Å². The van der Waals surface area contributed by atoms with E-state index in [1.807, 2.05) is 0 Å². The molecule has 0 saturated carbocycles. The third-order valence-electron chi connectivity index (χ3n) is 3.30. The minimum atomic E-state index is -0.916. The predicted molar refractivity (Wildman–Crippen MR) is 81.8 cm³/mol. The van der Waals surface area contributed by atoms with Crippen LogP contribution in [0.2, 0.25) is 0 Å². The van der Waals surface area contributed by atoms with Crippen LogP contribution in [0.25, 0.3) is 16.8 Å². The number of hydrogen-bond acceptors (Lipinski definition) is 3. The zero-order chi connectivity index (χ0) is 16.2. The van der Waals surface area contributed by atoms with Crippen molar-refractivity contribution in [2.45, 2.75) is 0 Å². The standard InChI is InChI=1S/C17H12F2N2O2/c18-11-23-16-7-5-15(6-8-16)21-10-13(9-20-17(21)22)12-1-3-14(19)4-2-12/h1-10H,11H2. The van der Waals surface area contributed by atoms with Crippen molar-refractivity contribution in [3.8, 4) is 22.6 Å². The normalized spacial score (nSPS) is 10.5. The van der Waals surface area contributed by atoms with E-state index >= 15 is 0 Å². The maximum atomic E-state index is 13.0. The van der Waals surface area contributed by atoms with Crippen LogP contribution >= 0.6 is 0 Å². The lowest BCUT2D eigenvalue weighted by Crippen LogP contribution is -2.20. The van der Waals surface area contributed by atoms with Crippen molar-refractivity contribution < 1.29 is 13.5 Å². The molecule has 3 aromatic rings. The molecular formula is C17H12F2N2O2. The molecule has 6 heteroatoms. The second kappa shape index (κ2) is 6.39. The molecule has 0 atom stereocenters. The number of rotatable bonds is 4. The largest absolute Gasteiger partial charge is 0.463 e. The molecule has 116 valence electrons. The Morgan fingerprint density at radius 3 is 2.35 bits per heavy atom. The van der Waals surface area contributed by atoms with Gasteiger partial charge in [-0.05, 0) is 42.0 Å². The van der Waals surface area contributed by atoms with E-state index in [9.17, 15) is 13.6 Å². The summed E-state index contributed by atoms with van der Waals surface area (Å²) in [5, 5.41) is 0. The third-order valence-corrected chi connectivity index (χ3v) is 3.30. The van der Waals surface area contributed by atoms with Gasteiger partial charge in [-0.1, -0.05) is 12.1 Å². The predicted octanol–water partition coefficient (Wildman–Crippen LogP) is 3.34. The molecule has 0 radical (unpaired) electrons. The smallest absolute Gasteiger partial charge is 0.352 e. The van der Waals surface area contributed by atoms with Crippen LogP contribution in [0.5, 0.6) is 5.75 Å². The van der Waals surface area contributed by atoms with Crippen molar-refractivity contribution in [1.82, 2.24) is 9.55 Å². The summed E-state index contributed by atoms with van der Waals surface area (Å²) < 4.78 is 31.2. The Morgan fingerprint density at radius 1 is 1.00 bits per heavy atom. The molecule has 23 heavy (non-hydrogen) atoms. The number of hydrogen-bond donors (Lipinski definition) is 0. The molecule has 1 heterocycles. The number of halogens is 2. The van der Waals surface area contributed by atoms with E-state index in [1.54, 1.807) is 42.6 Å². The van der Waals surface area contributed by atoms with Crippen LogP contribution in [-0.2, 0) is 0 Å². The number of ether oxygens (including phenoxy) is 1. The van der Waals surface area contributed by atoms with E-state index in [2.05, 4.69) is 4.98 Å². The summed E-state index contributed by atoms with van der Waals surface area (Å²) in [6, 6.07) is 12.3. The highest BCUT2D eigenvalue weighted by molar-refractivity contribution is 5.61. The maximum Gasteiger partial charge on any atom is 0.352 e. The van der Waals surface area contributed by atoms with Crippen LogP contribution in [0.3, 0.4) is 0 Å². The van der Waals surface area contributed by atoms with Gasteiger partial charge in [-0.3, -0.25) is 4.57 Å². The molecule has 4 nitrogen and oxygen atoms in total. The fourth-order valence-corrected chi connectivity index (χ4v) is 2.16. The van der Waals surface area contributed by atoms with Gasteiger partial charge in [0.1, 0.15) is 11.6 Å². The van der Waals surface area contributed by atoms with Crippen LogP contribution in [0.4, 0.5) is 8.78 Å². The van der Waals surface area contributed by atoms with Gasteiger partial charge in [0.25, 0.3) is 0 Å². The van der Waals surface area contributed by atoms with Crippen molar-refractivity contribution in [2.24, 2.45) is 0 Å². The number of aromatic nitrogens is 2. The van der Waals surface area contributed by atoms with Crippen molar-refractivity contribution in [3.63, 3.8) is 0 Å². The molecule has 0 unspecified atom stereocenters. The van der Waals surface area contributed by atoms with Crippen LogP contribution in [-0.4, -0.2) is 16.4 Å². The molecule has 0 N–H and O–H groups in total. The van der Waals surface area contributed by atoms with Crippen LogP contribution in [0.15, 0.2) is 65.7 Å². The second-order valence-electron chi connectivity index (χ2n) is 4.75. The fraction of sp³-hybridized carbons (Fsp3) is 0.0588. The average Bonchev–Trinajstić information content (AvgIpc) is 2.57. The molecule has 0 aliphatic rings. The SMILES string of the molecule is O=c1ncc(-c2ccc(F)cc2)cn1-c1ccc(OCF)cc1. The molecule has 0 fully saturated rings. The first-order valence-electron chi connectivity index (χ1n) is 6.81. The number of benzene rings is 2. The molecule has 2 aromatic carbocycles. The van der Waals surface area contributed by atoms with Gasteiger partial charge in [-0.15, -0.1) is 0 Å². The second-order valence-corrected chi connectivity index (χ2v) is 4.75. The minimum absolute atomic E-state index is 0.335. The molecule has 0 amide bonds. The summed E-state index contributed by atoms with van der Waals surface area (Å²) in [6.45, 7) is -0.916. The van der Waals surface area contributed by atoms with Crippen molar-refractivity contribution >= 4 is 0 Å². The van der Waals surface area contributed by atoms with E-state index < -0.39 is 12.6 Å². The molecule has 0 saturated heterocycles. The summed E-state index contributed by atoms with van der Waals surface area (Å²) in [5.41, 5.74) is 1.53. The van der Waals surface area contributed by atoms with Gasteiger partial charge in [0.2, 0.25) is 6.86 Å². The summed E-state index contributed by atoms with van der Waals surface area (Å²) >= 11 is 0. The van der Waals surface area contributed by atoms with Gasteiger partial charge in [0.05, 0.1) is 5.69 Å². The lowest BCUT2D eigenvalue weighted by atomic mass is 10.1. The molecular weight excluding hydrogens is 302 g/mol. The van der Waals surface area contributed by atoms with Gasteiger partial charge >= 0.3 is 5.69 Å². The van der Waals surface area contributed by atoms with E-state index in [0.29, 0.717) is 17.0 Å². The van der Waals surface area contributed by atoms with E-state index in [4.69, 9.17) is 4.74 Å². The summed E-state index contributed by atoms with van der Waals surface area (Å²) in [6.07, 6.45) is 3.06. The fourth-order valence-electron chi connectivity index (χ4n) is 2.16. The topological polar surface area (TPSA) is 44.1 Å². The van der Waals surface area contributed by atoms with Gasteiger partial charge in [0, 0.05) is 18.0 Å². The Bertz CT molecular complexity index is 859. The maximum absolute atomic E-state index is 13.0. The van der Waals surface area contributed by atoms with Gasteiger partial charge < -0.3 is 4.74 Å². The Morgan fingerprint density at radius 2 is 1.70 bits per heavy atom. The Balaban J connectivity index is 2.00. The summed E-state index contributed by atoms with van der Waals surface area (Å²) in [5.74, 6) is 0.0328. The molecule has 0 aliphatic heterocycles. The average molecular weight is 314 g/mol. The zero-order valence-corrected chi connectivity index (χ0v) is 11.9. The zero-order valence-electron chi connectivity index (χ0n) is 11.9. The molecule has 0 spiro atoms. The highest BCUT2D eigenvalue weighted by Crippen LogP contribution is 2.20. The van der Waals surface area contributed by atoms with Gasteiger partial charge in [-0.2, -0.15) is 0 Å². The number of alkyl halides is 1. The number of nitrogens with zero attached hydrogens (tertiary/aromatic N) is 2. The summed E-state index contributed by atoms with van der Waals surface area (Å²) in [7, 11) is 0. The van der Waals surface area contributed by atoms with Gasteiger partial charge in [-0.25, -0.2) is 18.6 Å². The van der Waals surface area contributed by atoms with Crippen molar-refractivity contribution in [1.29, 1.82) is 0 Å². The van der Waals surface area contributed by atoms with Crippen molar-refractivity contribution in [2.75, 3.05) is 6.86 Å². The minimum Gasteiger partial charge on any atom is -0.463 e. The molecule has 1 aromatic heterocycles. The Hall–Kier alpha value is -3.02. The molecule has 3 rings (SSSR count). The lowest BCUT2D eigenvalue weighted by Gasteiger charge is -2.09.